The SMILES string of the molecule is C=CCOc1cccc(C=NNC(=O)[C@H](C)Oc2ccc(Br)cc2)c1. The summed E-state index contributed by atoms with van der Waals surface area (Å²) in [7, 11) is 0. The molecule has 0 unspecified atom stereocenters. The van der Waals surface area contributed by atoms with E-state index in [9.17, 15) is 4.79 Å². The molecule has 0 fully saturated rings. The number of hydrogen-bond acceptors (Lipinski definition) is 4. The number of hydrazone groups is 1. The fraction of sp³-hybridized carbons (Fsp3) is 0.158. The molecule has 1 atom stereocenters. The van der Waals surface area contributed by atoms with Crippen LogP contribution in [-0.4, -0.2) is 24.8 Å². The van der Waals surface area contributed by atoms with Crippen molar-refractivity contribution in [2.45, 2.75) is 13.0 Å². The standard InChI is InChI=1S/C19H19BrN2O3/c1-3-11-24-18-6-4-5-15(12-18)13-21-22-19(23)14(2)25-17-9-7-16(20)8-10-17/h3-10,12-14H,1,11H2,2H3,(H,22,23)/t14-/m0/s1. The van der Waals surface area contributed by atoms with Crippen molar-refractivity contribution in [2.24, 2.45) is 5.10 Å². The summed E-state index contributed by atoms with van der Waals surface area (Å²) in [5.41, 5.74) is 3.27. The molecule has 0 spiro atoms. The van der Waals surface area contributed by atoms with Crippen LogP contribution in [-0.2, 0) is 4.79 Å². The van der Waals surface area contributed by atoms with Crippen LogP contribution in [0.25, 0.3) is 0 Å². The maximum Gasteiger partial charge on any atom is 0.280 e. The second-order valence-electron chi connectivity index (χ2n) is 5.12. The van der Waals surface area contributed by atoms with Crippen molar-refractivity contribution in [1.29, 1.82) is 0 Å². The van der Waals surface area contributed by atoms with Gasteiger partial charge >= 0.3 is 0 Å². The number of rotatable bonds is 8. The monoisotopic (exact) mass is 402 g/mol. The predicted octanol–water partition coefficient (Wildman–Crippen LogP) is 3.93. The third-order valence-electron chi connectivity index (χ3n) is 3.11. The van der Waals surface area contributed by atoms with E-state index in [1.807, 2.05) is 36.4 Å². The van der Waals surface area contributed by atoms with Crippen LogP contribution < -0.4 is 14.9 Å². The number of hydrogen-bond donors (Lipinski definition) is 1. The van der Waals surface area contributed by atoms with Gasteiger partial charge in [0.25, 0.3) is 5.91 Å². The Kier molecular flexibility index (Phi) is 7.22. The molecule has 0 heterocycles. The van der Waals surface area contributed by atoms with Crippen molar-refractivity contribution in [3.05, 3.63) is 71.2 Å². The summed E-state index contributed by atoms with van der Waals surface area (Å²) in [5.74, 6) is 0.988. The Hall–Kier alpha value is -2.60. The first-order valence-electron chi connectivity index (χ1n) is 7.67. The molecule has 0 aliphatic rings. The number of ether oxygens (including phenoxy) is 2. The van der Waals surface area contributed by atoms with Gasteiger partial charge in [-0.3, -0.25) is 4.79 Å². The van der Waals surface area contributed by atoms with Gasteiger partial charge in [0.2, 0.25) is 0 Å². The Labute approximate surface area is 155 Å². The van der Waals surface area contributed by atoms with Gasteiger partial charge in [-0.2, -0.15) is 5.10 Å². The molecule has 6 heteroatoms. The summed E-state index contributed by atoms with van der Waals surface area (Å²) in [5, 5.41) is 3.95. The molecular weight excluding hydrogens is 384 g/mol. The van der Waals surface area contributed by atoms with Gasteiger partial charge in [0, 0.05) is 4.47 Å². The Morgan fingerprint density at radius 2 is 2.04 bits per heavy atom. The zero-order valence-electron chi connectivity index (χ0n) is 13.8. The summed E-state index contributed by atoms with van der Waals surface area (Å²) in [6, 6.07) is 14.6. The van der Waals surface area contributed by atoms with E-state index in [1.54, 1.807) is 31.3 Å². The maximum absolute atomic E-state index is 12.0. The van der Waals surface area contributed by atoms with Crippen LogP contribution in [0.3, 0.4) is 0 Å². The van der Waals surface area contributed by atoms with Gasteiger partial charge < -0.3 is 9.47 Å². The molecule has 2 rings (SSSR count). The lowest BCUT2D eigenvalue weighted by Gasteiger charge is -2.12. The molecule has 1 amide bonds. The number of nitrogens with one attached hydrogen (secondary N) is 1. The van der Waals surface area contributed by atoms with E-state index in [-0.39, 0.29) is 5.91 Å². The van der Waals surface area contributed by atoms with Gasteiger partial charge in [0.15, 0.2) is 6.10 Å². The number of amides is 1. The zero-order valence-corrected chi connectivity index (χ0v) is 15.4. The highest BCUT2D eigenvalue weighted by molar-refractivity contribution is 9.10. The van der Waals surface area contributed by atoms with Crippen molar-refractivity contribution < 1.29 is 14.3 Å². The minimum Gasteiger partial charge on any atom is -0.490 e. The van der Waals surface area contributed by atoms with Gasteiger partial charge in [-0.05, 0) is 48.9 Å². The van der Waals surface area contributed by atoms with Gasteiger partial charge in [0.05, 0.1) is 6.21 Å². The van der Waals surface area contributed by atoms with E-state index >= 15 is 0 Å². The second kappa shape index (κ2) is 9.64. The van der Waals surface area contributed by atoms with E-state index in [2.05, 4.69) is 33.0 Å². The summed E-state index contributed by atoms with van der Waals surface area (Å²) < 4.78 is 12.0. The van der Waals surface area contributed by atoms with Crippen LogP contribution in [0.15, 0.2) is 70.8 Å². The molecule has 5 nitrogen and oxygen atoms in total. The Morgan fingerprint density at radius 1 is 1.28 bits per heavy atom. The van der Waals surface area contributed by atoms with Gasteiger partial charge in [-0.1, -0.05) is 40.7 Å². The Balaban J connectivity index is 1.86. The normalized spacial score (nSPS) is 11.8. The minimum atomic E-state index is -0.666. The first-order valence-corrected chi connectivity index (χ1v) is 8.46. The molecule has 0 aliphatic heterocycles. The van der Waals surface area contributed by atoms with E-state index in [0.29, 0.717) is 18.1 Å². The molecule has 1 N–H and O–H groups in total. The molecule has 0 saturated carbocycles. The molecule has 130 valence electrons. The molecule has 2 aromatic rings. The van der Waals surface area contributed by atoms with Crippen LogP contribution in [0.4, 0.5) is 0 Å². The number of carbonyl (C=O) groups is 1. The predicted molar refractivity (Wildman–Crippen MR) is 102 cm³/mol. The number of benzene rings is 2. The van der Waals surface area contributed by atoms with E-state index in [0.717, 1.165) is 10.0 Å². The lowest BCUT2D eigenvalue weighted by molar-refractivity contribution is -0.127. The smallest absolute Gasteiger partial charge is 0.280 e. The molecule has 2 aromatic carbocycles. The highest BCUT2D eigenvalue weighted by Gasteiger charge is 2.13. The van der Waals surface area contributed by atoms with Gasteiger partial charge in [-0.25, -0.2) is 5.43 Å². The fourth-order valence-corrected chi connectivity index (χ4v) is 2.14. The number of nitrogens with zero attached hydrogens (tertiary/aromatic N) is 1. The van der Waals surface area contributed by atoms with Gasteiger partial charge in [-0.15, -0.1) is 0 Å². The van der Waals surface area contributed by atoms with E-state index in [4.69, 9.17) is 9.47 Å². The molecule has 0 saturated heterocycles. The highest BCUT2D eigenvalue weighted by Crippen LogP contribution is 2.17. The Bertz CT molecular complexity index is 745. The second-order valence-corrected chi connectivity index (χ2v) is 6.04. The van der Waals surface area contributed by atoms with Crippen molar-refractivity contribution >= 4 is 28.1 Å². The van der Waals surface area contributed by atoms with Crippen LogP contribution in [0, 0.1) is 0 Å². The first kappa shape index (κ1) is 18.7. The summed E-state index contributed by atoms with van der Waals surface area (Å²) >= 11 is 3.35. The topological polar surface area (TPSA) is 59.9 Å². The van der Waals surface area contributed by atoms with Gasteiger partial charge in [0.1, 0.15) is 18.1 Å². The van der Waals surface area contributed by atoms with Crippen molar-refractivity contribution in [2.75, 3.05) is 6.61 Å². The first-order chi connectivity index (χ1) is 12.1. The van der Waals surface area contributed by atoms with E-state index in [1.165, 1.54) is 0 Å². The van der Waals surface area contributed by atoms with Crippen LogP contribution in [0.5, 0.6) is 11.5 Å². The molecule has 25 heavy (non-hydrogen) atoms. The molecule has 0 aromatic heterocycles. The largest absolute Gasteiger partial charge is 0.490 e. The Morgan fingerprint density at radius 3 is 2.76 bits per heavy atom. The van der Waals surface area contributed by atoms with Crippen molar-refractivity contribution in [1.82, 2.24) is 5.43 Å². The van der Waals surface area contributed by atoms with Crippen LogP contribution in [0.2, 0.25) is 0 Å². The van der Waals surface area contributed by atoms with Crippen LogP contribution in [0.1, 0.15) is 12.5 Å². The zero-order chi connectivity index (χ0) is 18.1. The van der Waals surface area contributed by atoms with Crippen molar-refractivity contribution in [3.63, 3.8) is 0 Å². The average molecular weight is 403 g/mol. The summed E-state index contributed by atoms with van der Waals surface area (Å²) in [6.07, 6.45) is 2.55. The lowest BCUT2D eigenvalue weighted by atomic mass is 10.2. The molecule has 0 aliphatic carbocycles. The summed E-state index contributed by atoms with van der Waals surface area (Å²) in [4.78, 5) is 12.0. The van der Waals surface area contributed by atoms with E-state index < -0.39 is 6.10 Å². The summed E-state index contributed by atoms with van der Waals surface area (Å²) in [6.45, 7) is 5.70. The third kappa shape index (κ3) is 6.43. The van der Waals surface area contributed by atoms with Crippen molar-refractivity contribution in [3.8, 4) is 11.5 Å². The molecule has 0 bridgehead atoms. The van der Waals surface area contributed by atoms with Crippen LogP contribution >= 0.6 is 15.9 Å². The fourth-order valence-electron chi connectivity index (χ4n) is 1.87. The maximum atomic E-state index is 12.0. The average Bonchev–Trinajstić information content (AvgIpc) is 2.62. The minimum absolute atomic E-state index is 0.335. The number of carbonyl (C=O) groups excluding carboxylic acids is 1. The number of halogens is 1. The highest BCUT2D eigenvalue weighted by atomic mass is 79.9. The molecule has 0 radical (unpaired) electrons. The lowest BCUT2D eigenvalue weighted by Crippen LogP contribution is -2.33. The quantitative estimate of drug-likeness (QED) is 0.413. The third-order valence-corrected chi connectivity index (χ3v) is 3.64. The molecular formula is C19H19BrN2O3.